The van der Waals surface area contributed by atoms with Gasteiger partial charge in [-0.1, -0.05) is 104 Å². The number of carbonyl (C=O) groups excluding carboxylic acids is 3. The van der Waals surface area contributed by atoms with Gasteiger partial charge in [0.1, 0.15) is 12.1 Å². The summed E-state index contributed by atoms with van der Waals surface area (Å²) in [6.45, 7) is 5.99. The topological polar surface area (TPSA) is 139 Å². The van der Waals surface area contributed by atoms with Crippen molar-refractivity contribution in [3.05, 3.63) is 0 Å². The molecule has 0 aromatic carbocycles. The summed E-state index contributed by atoms with van der Waals surface area (Å²) in [7, 11) is 0. The van der Waals surface area contributed by atoms with E-state index in [9.17, 15) is 24.3 Å². The number of carbonyl (C=O) groups is 4. The van der Waals surface area contributed by atoms with Crippen molar-refractivity contribution in [3.63, 3.8) is 0 Å². The van der Waals surface area contributed by atoms with Crippen molar-refractivity contribution in [2.24, 2.45) is 11.7 Å². The third-order valence-electron chi connectivity index (χ3n) is 6.61. The van der Waals surface area contributed by atoms with Gasteiger partial charge in [-0.25, -0.2) is 4.79 Å². The molecule has 0 spiro atoms. The van der Waals surface area contributed by atoms with Crippen LogP contribution in [0.3, 0.4) is 0 Å². The standard InChI is InChI=1S/C27H51N3O5/c1-4-6-7-8-9-10-11-12-13-14-15-16-17-18-24(32)30-25(21(3)5-2)26(33)29-22(27(34)35)19-20-23(28)31/h21-22,25H,4-20H2,1-3H3,(H2,28,31)(H,29,33)(H,30,32)(H,34,35)/t21-,22-,25-/m0/s1. The molecule has 8 nitrogen and oxygen atoms in total. The first kappa shape index (κ1) is 32.9. The molecule has 0 heterocycles. The number of hydrogen-bond donors (Lipinski definition) is 4. The Hall–Kier alpha value is -2.12. The summed E-state index contributed by atoms with van der Waals surface area (Å²) in [5, 5.41) is 14.6. The van der Waals surface area contributed by atoms with E-state index in [1.807, 2.05) is 13.8 Å². The third-order valence-corrected chi connectivity index (χ3v) is 6.61. The lowest BCUT2D eigenvalue weighted by atomic mass is 9.97. The first-order valence-electron chi connectivity index (χ1n) is 13.8. The largest absolute Gasteiger partial charge is 0.480 e. The van der Waals surface area contributed by atoms with Gasteiger partial charge in [0.25, 0.3) is 0 Å². The number of carboxylic acid groups (broad SMARTS) is 1. The molecule has 0 aliphatic heterocycles. The SMILES string of the molecule is CCCCCCCCCCCCCCCC(=O)N[C@H](C(=O)N[C@@H](CCC(N)=O)C(=O)O)[C@@H](C)CC. The summed E-state index contributed by atoms with van der Waals surface area (Å²) in [5.41, 5.74) is 5.09. The zero-order chi connectivity index (χ0) is 26.5. The second-order valence-electron chi connectivity index (χ2n) is 9.83. The highest BCUT2D eigenvalue weighted by atomic mass is 16.4. The van der Waals surface area contributed by atoms with Crippen LogP contribution >= 0.6 is 0 Å². The molecule has 0 radical (unpaired) electrons. The van der Waals surface area contributed by atoms with E-state index in [0.717, 1.165) is 19.3 Å². The quantitative estimate of drug-likeness (QED) is 0.150. The van der Waals surface area contributed by atoms with Gasteiger partial charge in [0.05, 0.1) is 0 Å². The van der Waals surface area contributed by atoms with Crippen molar-refractivity contribution < 1.29 is 24.3 Å². The first-order chi connectivity index (χ1) is 16.7. The van der Waals surface area contributed by atoms with Gasteiger partial charge in [-0.05, 0) is 18.8 Å². The molecule has 0 aromatic rings. The van der Waals surface area contributed by atoms with Gasteiger partial charge in [-0.3, -0.25) is 14.4 Å². The van der Waals surface area contributed by atoms with Crippen molar-refractivity contribution in [2.75, 3.05) is 0 Å². The van der Waals surface area contributed by atoms with Crippen molar-refractivity contribution in [2.45, 2.75) is 142 Å². The van der Waals surface area contributed by atoms with Gasteiger partial charge in [-0.2, -0.15) is 0 Å². The summed E-state index contributed by atoms with van der Waals surface area (Å²) in [6.07, 6.45) is 16.8. The number of rotatable bonds is 23. The van der Waals surface area contributed by atoms with E-state index < -0.39 is 29.9 Å². The molecule has 8 heteroatoms. The van der Waals surface area contributed by atoms with Gasteiger partial charge in [0.2, 0.25) is 17.7 Å². The predicted molar refractivity (Wildman–Crippen MR) is 140 cm³/mol. The van der Waals surface area contributed by atoms with Crippen LogP contribution in [0.4, 0.5) is 0 Å². The zero-order valence-electron chi connectivity index (χ0n) is 22.4. The molecule has 0 fully saturated rings. The smallest absolute Gasteiger partial charge is 0.326 e. The van der Waals surface area contributed by atoms with Crippen molar-refractivity contribution in [1.29, 1.82) is 0 Å². The van der Waals surface area contributed by atoms with Crippen LogP contribution in [0.25, 0.3) is 0 Å². The van der Waals surface area contributed by atoms with Gasteiger partial charge in [-0.15, -0.1) is 0 Å². The molecule has 0 rings (SSSR count). The van der Waals surface area contributed by atoms with E-state index in [4.69, 9.17) is 5.73 Å². The van der Waals surface area contributed by atoms with Gasteiger partial charge < -0.3 is 21.5 Å². The Labute approximate surface area is 212 Å². The predicted octanol–water partition coefficient (Wildman–Crippen LogP) is 4.83. The molecule has 0 saturated carbocycles. The van der Waals surface area contributed by atoms with E-state index in [-0.39, 0.29) is 24.7 Å². The van der Waals surface area contributed by atoms with Crippen LogP contribution in [-0.4, -0.2) is 40.9 Å². The van der Waals surface area contributed by atoms with E-state index in [2.05, 4.69) is 17.6 Å². The maximum Gasteiger partial charge on any atom is 0.326 e. The molecule has 5 N–H and O–H groups in total. The first-order valence-corrected chi connectivity index (χ1v) is 13.8. The summed E-state index contributed by atoms with van der Waals surface area (Å²) < 4.78 is 0. The summed E-state index contributed by atoms with van der Waals surface area (Å²) in [4.78, 5) is 47.6. The minimum atomic E-state index is -1.24. The van der Waals surface area contributed by atoms with Crippen LogP contribution in [0.2, 0.25) is 0 Å². The molecule has 35 heavy (non-hydrogen) atoms. The molecule has 0 aliphatic rings. The van der Waals surface area contributed by atoms with Gasteiger partial charge in [0.15, 0.2) is 0 Å². The van der Waals surface area contributed by atoms with E-state index in [1.54, 1.807) is 0 Å². The second kappa shape index (κ2) is 21.2. The highest BCUT2D eigenvalue weighted by Crippen LogP contribution is 2.14. The Bertz CT molecular complexity index is 612. The normalized spacial score (nSPS) is 13.6. The Morgan fingerprint density at radius 1 is 0.743 bits per heavy atom. The lowest BCUT2D eigenvalue weighted by Crippen LogP contribution is -2.54. The number of carboxylic acids is 1. The Morgan fingerprint density at radius 2 is 1.23 bits per heavy atom. The molecule has 0 bridgehead atoms. The third kappa shape index (κ3) is 17.9. The molecule has 3 amide bonds. The molecule has 0 aromatic heterocycles. The monoisotopic (exact) mass is 497 g/mol. The van der Waals surface area contributed by atoms with Crippen LogP contribution in [0.15, 0.2) is 0 Å². The molecular weight excluding hydrogens is 446 g/mol. The molecule has 0 unspecified atom stereocenters. The summed E-state index contributed by atoms with van der Waals surface area (Å²) >= 11 is 0. The van der Waals surface area contributed by atoms with Gasteiger partial charge in [0, 0.05) is 12.8 Å². The minimum Gasteiger partial charge on any atom is -0.480 e. The number of nitrogens with two attached hydrogens (primary N) is 1. The average Bonchev–Trinajstić information content (AvgIpc) is 2.82. The van der Waals surface area contributed by atoms with Crippen molar-refractivity contribution >= 4 is 23.7 Å². The maximum absolute atomic E-state index is 12.7. The summed E-state index contributed by atoms with van der Waals surface area (Å²) in [5.74, 6) is -2.76. The van der Waals surface area contributed by atoms with E-state index in [1.165, 1.54) is 64.2 Å². The van der Waals surface area contributed by atoms with Crippen LogP contribution in [0.5, 0.6) is 0 Å². The van der Waals surface area contributed by atoms with E-state index >= 15 is 0 Å². The van der Waals surface area contributed by atoms with Crippen LogP contribution < -0.4 is 16.4 Å². The maximum atomic E-state index is 12.7. The second-order valence-corrected chi connectivity index (χ2v) is 9.83. The number of aliphatic carboxylic acids is 1. The highest BCUT2D eigenvalue weighted by molar-refractivity contribution is 5.90. The fourth-order valence-electron chi connectivity index (χ4n) is 4.06. The molecule has 3 atom stereocenters. The molecule has 0 aliphatic carbocycles. The Morgan fingerprint density at radius 3 is 1.66 bits per heavy atom. The fourth-order valence-corrected chi connectivity index (χ4v) is 4.06. The van der Waals surface area contributed by atoms with E-state index in [0.29, 0.717) is 12.8 Å². The Kier molecular flexibility index (Phi) is 19.9. The molecule has 204 valence electrons. The summed E-state index contributed by atoms with van der Waals surface area (Å²) in [6, 6.07) is -2.04. The van der Waals surface area contributed by atoms with Crippen molar-refractivity contribution in [1.82, 2.24) is 10.6 Å². The average molecular weight is 498 g/mol. The van der Waals surface area contributed by atoms with Crippen LogP contribution in [0, 0.1) is 5.92 Å². The van der Waals surface area contributed by atoms with Gasteiger partial charge >= 0.3 is 5.97 Å². The number of primary amides is 1. The minimum absolute atomic E-state index is 0.0868. The number of hydrogen-bond acceptors (Lipinski definition) is 4. The fraction of sp³-hybridized carbons (Fsp3) is 0.852. The van der Waals surface area contributed by atoms with Crippen LogP contribution in [-0.2, 0) is 19.2 Å². The zero-order valence-corrected chi connectivity index (χ0v) is 22.4. The number of nitrogens with one attached hydrogen (secondary N) is 2. The number of unbranched alkanes of at least 4 members (excludes halogenated alkanes) is 12. The van der Waals surface area contributed by atoms with Crippen molar-refractivity contribution in [3.8, 4) is 0 Å². The lowest BCUT2D eigenvalue weighted by Gasteiger charge is -2.25. The Balaban J connectivity index is 4.21. The molecule has 0 saturated heterocycles. The lowest BCUT2D eigenvalue weighted by molar-refractivity contribution is -0.142. The number of amides is 3. The van der Waals surface area contributed by atoms with Crippen LogP contribution in [0.1, 0.15) is 130 Å². The molecular formula is C27H51N3O5. The highest BCUT2D eigenvalue weighted by Gasteiger charge is 2.29.